The molecule has 0 fully saturated rings. The lowest BCUT2D eigenvalue weighted by Gasteiger charge is -2.30. The summed E-state index contributed by atoms with van der Waals surface area (Å²) in [7, 11) is 0. The minimum absolute atomic E-state index is 0.445. The molecule has 2 heteroatoms. The smallest absolute Gasteiger partial charge is 0.165 e. The van der Waals surface area contributed by atoms with E-state index in [-0.39, 0.29) is 0 Å². The Balaban J connectivity index is 4.40. The van der Waals surface area contributed by atoms with Gasteiger partial charge in [-0.3, -0.25) is 0 Å². The molecule has 0 bridgehead atoms. The Labute approximate surface area is 189 Å². The number of unbranched alkanes of at least 4 members (excludes halogenated alkanes) is 4. The molecule has 0 unspecified atom stereocenters. The van der Waals surface area contributed by atoms with E-state index in [1.807, 2.05) is 0 Å². The standard InChI is InChI=1S/C28H52O2/c1-8-10-12-23-29-28(7,30-24-13-11-9-2)22-16-21-27(6)20-15-19-26(5)18-14-17-25(3)4/h17,19,21H,8-16,18,20,22-24H2,1-7H3/b26-19+,27-21+. The average molecular weight is 421 g/mol. The van der Waals surface area contributed by atoms with E-state index in [9.17, 15) is 0 Å². The van der Waals surface area contributed by atoms with Crippen LogP contribution in [0, 0.1) is 0 Å². The molecule has 0 aliphatic rings. The summed E-state index contributed by atoms with van der Waals surface area (Å²) in [5, 5.41) is 0. The van der Waals surface area contributed by atoms with Crippen molar-refractivity contribution in [3.8, 4) is 0 Å². The van der Waals surface area contributed by atoms with Gasteiger partial charge in [0.05, 0.1) is 13.2 Å². The van der Waals surface area contributed by atoms with Crippen LogP contribution in [0.5, 0.6) is 0 Å². The van der Waals surface area contributed by atoms with Crippen molar-refractivity contribution in [3.05, 3.63) is 34.9 Å². The largest absolute Gasteiger partial charge is 0.350 e. The molecule has 0 aromatic rings. The minimum Gasteiger partial charge on any atom is -0.350 e. The fourth-order valence-corrected chi connectivity index (χ4v) is 3.39. The summed E-state index contributed by atoms with van der Waals surface area (Å²) < 4.78 is 12.4. The lowest BCUT2D eigenvalue weighted by Crippen LogP contribution is -2.33. The molecule has 0 rings (SSSR count). The predicted octanol–water partition coefficient (Wildman–Crippen LogP) is 9.32. The van der Waals surface area contributed by atoms with E-state index >= 15 is 0 Å². The van der Waals surface area contributed by atoms with Crippen LogP contribution in [-0.2, 0) is 9.47 Å². The summed E-state index contributed by atoms with van der Waals surface area (Å²) in [5.41, 5.74) is 4.40. The molecular formula is C28H52O2. The lowest BCUT2D eigenvalue weighted by atomic mass is 10.0. The second-order valence-corrected chi connectivity index (χ2v) is 9.24. The van der Waals surface area contributed by atoms with Crippen LogP contribution >= 0.6 is 0 Å². The van der Waals surface area contributed by atoms with E-state index < -0.39 is 5.79 Å². The Morgan fingerprint density at radius 1 is 0.667 bits per heavy atom. The van der Waals surface area contributed by atoms with Gasteiger partial charge in [-0.05, 0) is 79.6 Å². The topological polar surface area (TPSA) is 18.5 Å². The molecule has 0 atom stereocenters. The molecule has 30 heavy (non-hydrogen) atoms. The van der Waals surface area contributed by atoms with E-state index in [2.05, 4.69) is 66.7 Å². The molecule has 0 aromatic carbocycles. The third kappa shape index (κ3) is 18.0. The zero-order valence-electron chi connectivity index (χ0n) is 21.4. The van der Waals surface area contributed by atoms with Gasteiger partial charge in [0.1, 0.15) is 0 Å². The van der Waals surface area contributed by atoms with Crippen LogP contribution < -0.4 is 0 Å². The number of rotatable bonds is 19. The molecule has 176 valence electrons. The van der Waals surface area contributed by atoms with Crippen molar-refractivity contribution in [1.82, 2.24) is 0 Å². The van der Waals surface area contributed by atoms with Crippen molar-refractivity contribution in [1.29, 1.82) is 0 Å². The molecule has 0 spiro atoms. The van der Waals surface area contributed by atoms with Crippen LogP contribution in [0.3, 0.4) is 0 Å². The van der Waals surface area contributed by atoms with Gasteiger partial charge in [0, 0.05) is 6.42 Å². The van der Waals surface area contributed by atoms with Crippen LogP contribution in [0.25, 0.3) is 0 Å². The maximum absolute atomic E-state index is 6.19. The summed E-state index contributed by atoms with van der Waals surface area (Å²) in [6.45, 7) is 17.1. The summed E-state index contributed by atoms with van der Waals surface area (Å²) in [5.74, 6) is -0.445. The maximum Gasteiger partial charge on any atom is 0.165 e. The van der Waals surface area contributed by atoms with Gasteiger partial charge in [-0.15, -0.1) is 0 Å². The number of ether oxygens (including phenoxy) is 2. The van der Waals surface area contributed by atoms with Gasteiger partial charge in [-0.1, -0.05) is 74.5 Å². The number of hydrogen-bond acceptors (Lipinski definition) is 2. The molecule has 0 radical (unpaired) electrons. The molecule has 0 saturated heterocycles. The maximum atomic E-state index is 6.19. The van der Waals surface area contributed by atoms with E-state index in [1.165, 1.54) is 48.8 Å². The third-order valence-corrected chi connectivity index (χ3v) is 5.52. The van der Waals surface area contributed by atoms with Gasteiger partial charge in [0.25, 0.3) is 0 Å². The van der Waals surface area contributed by atoms with Crippen LogP contribution in [0.1, 0.15) is 126 Å². The van der Waals surface area contributed by atoms with Crippen molar-refractivity contribution in [2.24, 2.45) is 0 Å². The first-order chi connectivity index (χ1) is 14.3. The molecule has 0 heterocycles. The quantitative estimate of drug-likeness (QED) is 0.118. The molecule has 0 saturated carbocycles. The Morgan fingerprint density at radius 2 is 1.13 bits per heavy atom. The molecule has 2 nitrogen and oxygen atoms in total. The second kappa shape index (κ2) is 18.9. The molecule has 0 aromatic heterocycles. The van der Waals surface area contributed by atoms with E-state index in [1.54, 1.807) is 0 Å². The van der Waals surface area contributed by atoms with E-state index in [0.717, 1.165) is 58.2 Å². The SMILES string of the molecule is CCCCCOC(C)(CC/C=C(\C)CC/C=C(\C)CCC=C(C)C)OCCCCC. The van der Waals surface area contributed by atoms with Crippen LogP contribution in [0.4, 0.5) is 0 Å². The Bertz CT molecular complexity index is 483. The highest BCUT2D eigenvalue weighted by Gasteiger charge is 2.24. The van der Waals surface area contributed by atoms with Crippen molar-refractivity contribution in [2.75, 3.05) is 13.2 Å². The number of hydrogen-bond donors (Lipinski definition) is 0. The van der Waals surface area contributed by atoms with Crippen LogP contribution in [0.15, 0.2) is 34.9 Å². The number of allylic oxidation sites excluding steroid dienone is 6. The molecule has 0 aliphatic heterocycles. The first-order valence-corrected chi connectivity index (χ1v) is 12.6. The molecule has 0 amide bonds. The van der Waals surface area contributed by atoms with Gasteiger partial charge in [-0.2, -0.15) is 0 Å². The van der Waals surface area contributed by atoms with Gasteiger partial charge in [-0.25, -0.2) is 0 Å². The summed E-state index contributed by atoms with van der Waals surface area (Å²) in [6, 6.07) is 0. The first kappa shape index (κ1) is 29.1. The Kier molecular flexibility index (Phi) is 18.3. The third-order valence-electron chi connectivity index (χ3n) is 5.52. The highest BCUT2D eigenvalue weighted by atomic mass is 16.7. The summed E-state index contributed by atoms with van der Waals surface area (Å²) >= 11 is 0. The van der Waals surface area contributed by atoms with Crippen molar-refractivity contribution >= 4 is 0 Å². The first-order valence-electron chi connectivity index (χ1n) is 12.6. The van der Waals surface area contributed by atoms with E-state index in [0.29, 0.717) is 0 Å². The van der Waals surface area contributed by atoms with Gasteiger partial charge >= 0.3 is 0 Å². The van der Waals surface area contributed by atoms with E-state index in [4.69, 9.17) is 9.47 Å². The molecule has 0 aliphatic carbocycles. The summed E-state index contributed by atoms with van der Waals surface area (Å²) in [4.78, 5) is 0. The van der Waals surface area contributed by atoms with Gasteiger partial charge < -0.3 is 9.47 Å². The van der Waals surface area contributed by atoms with Crippen LogP contribution in [0.2, 0.25) is 0 Å². The fraction of sp³-hybridized carbons (Fsp3) is 0.786. The van der Waals surface area contributed by atoms with Crippen molar-refractivity contribution < 1.29 is 9.47 Å². The van der Waals surface area contributed by atoms with Gasteiger partial charge in [0.2, 0.25) is 0 Å². The monoisotopic (exact) mass is 420 g/mol. The zero-order valence-corrected chi connectivity index (χ0v) is 21.4. The molecule has 0 N–H and O–H groups in total. The lowest BCUT2D eigenvalue weighted by molar-refractivity contribution is -0.229. The zero-order chi connectivity index (χ0) is 22.7. The van der Waals surface area contributed by atoms with Crippen molar-refractivity contribution in [3.63, 3.8) is 0 Å². The van der Waals surface area contributed by atoms with Crippen molar-refractivity contribution in [2.45, 2.75) is 131 Å². The fourth-order valence-electron chi connectivity index (χ4n) is 3.39. The highest BCUT2D eigenvalue weighted by molar-refractivity contribution is 5.05. The second-order valence-electron chi connectivity index (χ2n) is 9.24. The molecular weight excluding hydrogens is 368 g/mol. The summed E-state index contributed by atoms with van der Waals surface area (Å²) in [6.07, 6.45) is 20.9. The van der Waals surface area contributed by atoms with Gasteiger partial charge in [0.15, 0.2) is 5.79 Å². The Hall–Kier alpha value is -0.860. The highest BCUT2D eigenvalue weighted by Crippen LogP contribution is 2.22. The van der Waals surface area contributed by atoms with Crippen LogP contribution in [-0.4, -0.2) is 19.0 Å². The minimum atomic E-state index is -0.445. The normalized spacial score (nSPS) is 13.0. The average Bonchev–Trinajstić information content (AvgIpc) is 2.68. The predicted molar refractivity (Wildman–Crippen MR) is 134 cm³/mol. The Morgan fingerprint density at radius 3 is 1.60 bits per heavy atom.